The van der Waals surface area contributed by atoms with Crippen molar-refractivity contribution in [3.8, 4) is 0 Å². The van der Waals surface area contributed by atoms with Crippen molar-refractivity contribution >= 4 is 0 Å². The van der Waals surface area contributed by atoms with E-state index in [1.165, 1.54) is 12.0 Å². The molecule has 5 heteroatoms. The molecule has 0 amide bonds. The van der Waals surface area contributed by atoms with Crippen LogP contribution in [-0.4, -0.2) is 13.1 Å². The van der Waals surface area contributed by atoms with Crippen LogP contribution < -0.4 is 11.1 Å². The molecule has 3 N–H and O–H groups in total. The van der Waals surface area contributed by atoms with Crippen molar-refractivity contribution < 1.29 is 13.2 Å². The van der Waals surface area contributed by atoms with Crippen LogP contribution in [0.3, 0.4) is 0 Å². The average Bonchev–Trinajstić information content (AvgIpc) is 2.93. The summed E-state index contributed by atoms with van der Waals surface area (Å²) in [4.78, 5) is 0. The Kier molecular flexibility index (Phi) is 5.20. The predicted molar refractivity (Wildman–Crippen MR) is 72.7 cm³/mol. The number of allylic oxidation sites excluding steroid dienone is 1. The third-order valence-electron chi connectivity index (χ3n) is 3.62. The Hall–Kier alpha value is -1.33. The Labute approximate surface area is 116 Å². The molecule has 0 fully saturated rings. The Balaban J connectivity index is 1.97. The highest BCUT2D eigenvalue weighted by atomic mass is 19.2. The van der Waals surface area contributed by atoms with Gasteiger partial charge in [0.2, 0.25) is 0 Å². The molecule has 1 unspecified atom stereocenters. The lowest BCUT2D eigenvalue weighted by Gasteiger charge is -2.18. The first-order chi connectivity index (χ1) is 9.61. The molecule has 2 rings (SSSR count). The molecule has 1 aromatic carbocycles. The normalized spacial score (nSPS) is 16.3. The van der Waals surface area contributed by atoms with Crippen LogP contribution in [0.5, 0.6) is 0 Å². The van der Waals surface area contributed by atoms with Gasteiger partial charge in [0.05, 0.1) is 0 Å². The topological polar surface area (TPSA) is 38.0 Å². The van der Waals surface area contributed by atoms with Crippen molar-refractivity contribution in [2.24, 2.45) is 5.73 Å². The first-order valence-corrected chi connectivity index (χ1v) is 6.87. The van der Waals surface area contributed by atoms with Crippen molar-refractivity contribution in [3.05, 3.63) is 46.8 Å². The van der Waals surface area contributed by atoms with E-state index in [0.29, 0.717) is 12.1 Å². The molecule has 0 heterocycles. The molecule has 0 bridgehead atoms. The number of rotatable bonds is 6. The molecule has 1 atom stereocenters. The van der Waals surface area contributed by atoms with Crippen LogP contribution in [0.25, 0.3) is 0 Å². The monoisotopic (exact) mass is 284 g/mol. The molecule has 2 nitrogen and oxygen atoms in total. The average molecular weight is 284 g/mol. The first-order valence-electron chi connectivity index (χ1n) is 6.87. The lowest BCUT2D eigenvalue weighted by atomic mass is 10.1. The van der Waals surface area contributed by atoms with Crippen LogP contribution in [0.4, 0.5) is 13.2 Å². The van der Waals surface area contributed by atoms with Crippen molar-refractivity contribution in [2.75, 3.05) is 13.1 Å². The van der Waals surface area contributed by atoms with E-state index < -0.39 is 17.5 Å². The number of halogens is 3. The number of nitrogens with two attached hydrogens (primary N) is 1. The number of nitrogens with one attached hydrogen (secondary N) is 1. The highest BCUT2D eigenvalue weighted by Crippen LogP contribution is 2.21. The second-order valence-corrected chi connectivity index (χ2v) is 5.05. The molecule has 20 heavy (non-hydrogen) atoms. The molecular formula is C15H19F3N2. The third-order valence-corrected chi connectivity index (χ3v) is 3.62. The van der Waals surface area contributed by atoms with Gasteiger partial charge in [-0.2, -0.15) is 0 Å². The Morgan fingerprint density at radius 3 is 2.45 bits per heavy atom. The third kappa shape index (κ3) is 3.61. The molecule has 0 aliphatic heterocycles. The molecule has 1 aliphatic carbocycles. The van der Waals surface area contributed by atoms with Gasteiger partial charge < -0.3 is 11.1 Å². The zero-order valence-electron chi connectivity index (χ0n) is 11.3. The zero-order valence-corrected chi connectivity index (χ0v) is 11.3. The standard InChI is InChI=1S/C15H19F3N2/c16-12-7-11(8-13(17)15(12)18)14(9-19)20-6-5-10-3-1-2-4-10/h3,7-8,14,20H,1-2,4-6,9,19H2. The van der Waals surface area contributed by atoms with Crippen LogP contribution in [0, 0.1) is 17.5 Å². The molecule has 0 spiro atoms. The summed E-state index contributed by atoms with van der Waals surface area (Å²) in [6, 6.07) is 1.62. The summed E-state index contributed by atoms with van der Waals surface area (Å²) in [6.45, 7) is 0.887. The van der Waals surface area contributed by atoms with Gasteiger partial charge in [-0.1, -0.05) is 11.6 Å². The van der Waals surface area contributed by atoms with Gasteiger partial charge in [-0.15, -0.1) is 0 Å². The van der Waals surface area contributed by atoms with Gasteiger partial charge in [-0.25, -0.2) is 13.2 Å². The van der Waals surface area contributed by atoms with Crippen molar-refractivity contribution in [1.29, 1.82) is 0 Å². The summed E-state index contributed by atoms with van der Waals surface area (Å²) in [5, 5.41) is 3.16. The summed E-state index contributed by atoms with van der Waals surface area (Å²) < 4.78 is 39.3. The smallest absolute Gasteiger partial charge is 0.194 e. The van der Waals surface area contributed by atoms with Gasteiger partial charge in [0.1, 0.15) is 0 Å². The maximum atomic E-state index is 13.2. The molecule has 1 aliphatic rings. The van der Waals surface area contributed by atoms with Crippen LogP contribution in [0.2, 0.25) is 0 Å². The largest absolute Gasteiger partial charge is 0.329 e. The van der Waals surface area contributed by atoms with Gasteiger partial charge in [-0.3, -0.25) is 0 Å². The van der Waals surface area contributed by atoms with Crippen LogP contribution in [-0.2, 0) is 0 Å². The molecule has 1 aromatic rings. The minimum atomic E-state index is -1.44. The van der Waals surface area contributed by atoms with E-state index in [2.05, 4.69) is 11.4 Å². The Bertz CT molecular complexity index is 477. The lowest BCUT2D eigenvalue weighted by Crippen LogP contribution is -2.29. The summed E-state index contributed by atoms with van der Waals surface area (Å²) in [5.74, 6) is -3.81. The summed E-state index contributed by atoms with van der Waals surface area (Å²) in [6.07, 6.45) is 6.59. The fourth-order valence-electron chi connectivity index (χ4n) is 2.48. The summed E-state index contributed by atoms with van der Waals surface area (Å²) in [5.41, 5.74) is 7.37. The Morgan fingerprint density at radius 1 is 1.20 bits per heavy atom. The maximum absolute atomic E-state index is 13.2. The van der Waals surface area contributed by atoms with Crippen molar-refractivity contribution in [1.82, 2.24) is 5.32 Å². The van der Waals surface area contributed by atoms with E-state index in [4.69, 9.17) is 5.73 Å². The van der Waals surface area contributed by atoms with Crippen LogP contribution in [0.1, 0.15) is 37.3 Å². The van der Waals surface area contributed by atoms with Gasteiger partial charge in [0, 0.05) is 12.6 Å². The van der Waals surface area contributed by atoms with Crippen molar-refractivity contribution in [3.63, 3.8) is 0 Å². The van der Waals surface area contributed by atoms with E-state index in [0.717, 1.165) is 31.4 Å². The van der Waals surface area contributed by atoms with Gasteiger partial charge in [0.15, 0.2) is 17.5 Å². The summed E-state index contributed by atoms with van der Waals surface area (Å²) >= 11 is 0. The highest BCUT2D eigenvalue weighted by Gasteiger charge is 2.16. The molecular weight excluding hydrogens is 265 g/mol. The maximum Gasteiger partial charge on any atom is 0.194 e. The molecule has 0 saturated heterocycles. The van der Waals surface area contributed by atoms with E-state index in [9.17, 15) is 13.2 Å². The van der Waals surface area contributed by atoms with Crippen LogP contribution in [0.15, 0.2) is 23.8 Å². The number of hydrogen-bond donors (Lipinski definition) is 2. The molecule has 0 radical (unpaired) electrons. The minimum Gasteiger partial charge on any atom is -0.329 e. The number of hydrogen-bond acceptors (Lipinski definition) is 2. The second-order valence-electron chi connectivity index (χ2n) is 5.05. The van der Waals surface area contributed by atoms with Gasteiger partial charge in [0.25, 0.3) is 0 Å². The van der Waals surface area contributed by atoms with Crippen molar-refractivity contribution in [2.45, 2.75) is 31.7 Å². The fourth-order valence-corrected chi connectivity index (χ4v) is 2.48. The second kappa shape index (κ2) is 6.90. The van der Waals surface area contributed by atoms with E-state index in [1.54, 1.807) is 0 Å². The fraction of sp³-hybridized carbons (Fsp3) is 0.467. The SMILES string of the molecule is NCC(NCCC1=CCCC1)c1cc(F)c(F)c(F)c1. The quantitative estimate of drug-likeness (QED) is 0.622. The molecule has 110 valence electrons. The zero-order chi connectivity index (χ0) is 14.5. The predicted octanol–water partition coefficient (Wildman–Crippen LogP) is 3.19. The number of benzene rings is 1. The summed E-state index contributed by atoms with van der Waals surface area (Å²) in [7, 11) is 0. The van der Waals surface area contributed by atoms with Crippen LogP contribution >= 0.6 is 0 Å². The lowest BCUT2D eigenvalue weighted by molar-refractivity contribution is 0.439. The van der Waals surface area contributed by atoms with Gasteiger partial charge in [-0.05, 0) is 49.9 Å². The van der Waals surface area contributed by atoms with Gasteiger partial charge >= 0.3 is 0 Å². The highest BCUT2D eigenvalue weighted by molar-refractivity contribution is 5.23. The first kappa shape index (κ1) is 15.1. The molecule has 0 saturated carbocycles. The molecule has 0 aromatic heterocycles. The Morgan fingerprint density at radius 2 is 1.90 bits per heavy atom. The van der Waals surface area contributed by atoms with E-state index in [-0.39, 0.29) is 12.6 Å². The van der Waals surface area contributed by atoms with E-state index >= 15 is 0 Å². The van der Waals surface area contributed by atoms with E-state index in [1.807, 2.05) is 0 Å². The minimum absolute atomic E-state index is 0.198.